The van der Waals surface area contributed by atoms with E-state index in [-0.39, 0.29) is 17.8 Å². The first kappa shape index (κ1) is 26.3. The third-order valence-electron chi connectivity index (χ3n) is 7.41. The molecule has 3 aromatic carbocycles. The van der Waals surface area contributed by atoms with E-state index in [9.17, 15) is 29.6 Å². The fraction of sp³-hybridized carbons (Fsp3) is 0.207. The second-order valence-electron chi connectivity index (χ2n) is 9.77. The van der Waals surface area contributed by atoms with Gasteiger partial charge in [-0.1, -0.05) is 72.3 Å². The van der Waals surface area contributed by atoms with Crippen LogP contribution in [0.4, 0.5) is 11.4 Å². The summed E-state index contributed by atoms with van der Waals surface area (Å²) in [4.78, 5) is 52.3. The Bertz CT molecular complexity index is 1510. The first-order valence-electron chi connectivity index (χ1n) is 12.2. The van der Waals surface area contributed by atoms with Gasteiger partial charge in [-0.05, 0) is 35.7 Å². The lowest BCUT2D eigenvalue weighted by Gasteiger charge is -2.31. The van der Waals surface area contributed by atoms with Crippen molar-refractivity contribution in [2.24, 2.45) is 11.8 Å². The van der Waals surface area contributed by atoms with Gasteiger partial charge in [-0.2, -0.15) is 0 Å². The number of nitro groups is 1. The molecule has 2 heterocycles. The normalized spacial score (nSPS) is 24.4. The summed E-state index contributed by atoms with van der Waals surface area (Å²) in [6, 6.07) is 18.9. The van der Waals surface area contributed by atoms with Crippen LogP contribution in [0.15, 0.2) is 78.9 Å². The Balaban J connectivity index is 1.59. The molecule has 0 aromatic heterocycles. The zero-order chi connectivity index (χ0) is 27.9. The smallest absolute Gasteiger partial charge is 0.325 e. The Morgan fingerprint density at radius 1 is 1.10 bits per heavy atom. The number of nitro benzene ring substituents is 1. The minimum Gasteiger partial charge on any atom is -0.480 e. The van der Waals surface area contributed by atoms with E-state index in [1.807, 2.05) is 30.3 Å². The number of aliphatic carboxylic acids is 1. The van der Waals surface area contributed by atoms with E-state index in [1.54, 1.807) is 31.2 Å². The fourth-order valence-electron chi connectivity index (χ4n) is 5.46. The SMILES string of the molecule is Cc1ccc(N2C(=O)C3C(/C=C/c4ccccc4)NC(Cc4ccc([N+](=O)[O-])cc4)(C(=O)O)C3C2=O)cc1Cl. The van der Waals surface area contributed by atoms with Crippen molar-refractivity contribution in [3.05, 3.63) is 111 Å². The van der Waals surface area contributed by atoms with Gasteiger partial charge in [0.15, 0.2) is 0 Å². The van der Waals surface area contributed by atoms with Gasteiger partial charge in [0.2, 0.25) is 11.8 Å². The summed E-state index contributed by atoms with van der Waals surface area (Å²) < 4.78 is 0. The number of anilines is 1. The van der Waals surface area contributed by atoms with Crippen molar-refractivity contribution in [2.45, 2.75) is 24.9 Å². The molecule has 0 bridgehead atoms. The summed E-state index contributed by atoms with van der Waals surface area (Å²) >= 11 is 6.29. The van der Waals surface area contributed by atoms with Gasteiger partial charge in [0.25, 0.3) is 5.69 Å². The zero-order valence-electron chi connectivity index (χ0n) is 20.8. The molecule has 4 atom stereocenters. The number of carbonyl (C=O) groups is 3. The molecule has 3 aromatic rings. The molecule has 39 heavy (non-hydrogen) atoms. The second kappa shape index (κ2) is 10.1. The molecule has 2 amide bonds. The number of hydrogen-bond donors (Lipinski definition) is 2. The van der Waals surface area contributed by atoms with Gasteiger partial charge in [-0.3, -0.25) is 29.8 Å². The number of carboxylic acids is 1. The first-order valence-corrected chi connectivity index (χ1v) is 12.6. The monoisotopic (exact) mass is 545 g/mol. The topological polar surface area (TPSA) is 130 Å². The zero-order valence-corrected chi connectivity index (χ0v) is 21.5. The number of imide groups is 1. The molecule has 0 radical (unpaired) electrons. The summed E-state index contributed by atoms with van der Waals surface area (Å²) in [5.74, 6) is -4.68. The van der Waals surface area contributed by atoms with Gasteiger partial charge in [0.05, 0.1) is 22.4 Å². The number of rotatable bonds is 7. The van der Waals surface area contributed by atoms with E-state index in [0.717, 1.165) is 16.0 Å². The number of amides is 2. The van der Waals surface area contributed by atoms with Crippen molar-refractivity contribution in [3.8, 4) is 0 Å². The maximum absolute atomic E-state index is 13.9. The molecule has 0 aliphatic carbocycles. The highest BCUT2D eigenvalue weighted by molar-refractivity contribution is 6.32. The molecule has 9 nitrogen and oxygen atoms in total. The van der Waals surface area contributed by atoms with E-state index in [1.165, 1.54) is 30.3 Å². The van der Waals surface area contributed by atoms with Crippen molar-refractivity contribution in [2.75, 3.05) is 4.90 Å². The molecule has 5 rings (SSSR count). The quantitative estimate of drug-likeness (QED) is 0.255. The predicted octanol–water partition coefficient (Wildman–Crippen LogP) is 4.41. The molecule has 2 saturated heterocycles. The van der Waals surface area contributed by atoms with Crippen LogP contribution in [-0.4, -0.2) is 39.4 Å². The summed E-state index contributed by atoms with van der Waals surface area (Å²) in [7, 11) is 0. The molecular formula is C29H24ClN3O6. The lowest BCUT2D eigenvalue weighted by Crippen LogP contribution is -2.58. The number of benzene rings is 3. The number of nitrogens with zero attached hydrogens (tertiary/aromatic N) is 2. The summed E-state index contributed by atoms with van der Waals surface area (Å²) in [6.45, 7) is 1.79. The molecular weight excluding hydrogens is 522 g/mol. The molecule has 198 valence electrons. The minimum absolute atomic E-state index is 0.140. The molecule has 2 fully saturated rings. The van der Waals surface area contributed by atoms with Crippen molar-refractivity contribution in [1.82, 2.24) is 5.32 Å². The Labute approximate surface area is 228 Å². The third kappa shape index (κ3) is 4.60. The number of aryl methyl sites for hydroxylation is 1. The molecule has 0 spiro atoms. The maximum atomic E-state index is 13.9. The first-order chi connectivity index (χ1) is 18.6. The molecule has 2 aliphatic rings. The standard InChI is InChI=1S/C29H24ClN3O6/c1-17-7-11-21(15-22(17)30)32-26(34)24-23(14-10-18-5-3-2-4-6-18)31-29(28(36)37,25(24)27(32)35)16-19-8-12-20(13-9-19)33(38)39/h2-15,23-25,31H,16H2,1H3,(H,36,37)/b14-10+. The minimum atomic E-state index is -1.84. The average Bonchev–Trinajstić information content (AvgIpc) is 3.39. The fourth-order valence-corrected chi connectivity index (χ4v) is 5.63. The molecule has 2 aliphatic heterocycles. The van der Waals surface area contributed by atoms with Gasteiger partial charge < -0.3 is 5.11 Å². The van der Waals surface area contributed by atoms with Crippen LogP contribution in [0.5, 0.6) is 0 Å². The summed E-state index contributed by atoms with van der Waals surface area (Å²) in [5.41, 5.74) is 0.372. The maximum Gasteiger partial charge on any atom is 0.325 e. The van der Waals surface area contributed by atoms with Gasteiger partial charge in [0, 0.05) is 29.6 Å². The molecule has 10 heteroatoms. The van der Waals surface area contributed by atoms with Crippen molar-refractivity contribution in [1.29, 1.82) is 0 Å². The van der Waals surface area contributed by atoms with E-state index < -0.39 is 46.1 Å². The number of halogens is 1. The van der Waals surface area contributed by atoms with Crippen LogP contribution in [0.3, 0.4) is 0 Å². The Kier molecular flexibility index (Phi) is 6.80. The van der Waals surface area contributed by atoms with Crippen LogP contribution in [0.1, 0.15) is 16.7 Å². The van der Waals surface area contributed by atoms with Crippen molar-refractivity contribution >= 4 is 46.8 Å². The molecule has 4 unspecified atom stereocenters. The van der Waals surface area contributed by atoms with Gasteiger partial charge in [-0.15, -0.1) is 0 Å². The van der Waals surface area contributed by atoms with E-state index in [2.05, 4.69) is 5.32 Å². The van der Waals surface area contributed by atoms with Crippen molar-refractivity contribution < 1.29 is 24.4 Å². The number of fused-ring (bicyclic) bond motifs is 1. The molecule has 0 saturated carbocycles. The van der Waals surface area contributed by atoms with Crippen LogP contribution in [0, 0.1) is 28.9 Å². The molecule has 2 N–H and O–H groups in total. The second-order valence-corrected chi connectivity index (χ2v) is 10.2. The number of carboxylic acid groups (broad SMARTS) is 1. The van der Waals surface area contributed by atoms with Crippen LogP contribution < -0.4 is 10.2 Å². The number of non-ortho nitro benzene ring substituents is 1. The summed E-state index contributed by atoms with van der Waals surface area (Å²) in [6.07, 6.45) is 3.32. The number of carbonyl (C=O) groups excluding carboxylic acids is 2. The van der Waals surface area contributed by atoms with E-state index in [4.69, 9.17) is 11.6 Å². The number of hydrogen-bond acceptors (Lipinski definition) is 6. The Morgan fingerprint density at radius 2 is 1.79 bits per heavy atom. The van der Waals surface area contributed by atoms with Crippen molar-refractivity contribution in [3.63, 3.8) is 0 Å². The highest BCUT2D eigenvalue weighted by atomic mass is 35.5. The Morgan fingerprint density at radius 3 is 2.41 bits per heavy atom. The van der Waals surface area contributed by atoms with E-state index >= 15 is 0 Å². The Hall–Kier alpha value is -4.34. The average molecular weight is 546 g/mol. The highest BCUT2D eigenvalue weighted by Gasteiger charge is 2.68. The third-order valence-corrected chi connectivity index (χ3v) is 7.82. The van der Waals surface area contributed by atoms with Gasteiger partial charge in [0.1, 0.15) is 5.54 Å². The van der Waals surface area contributed by atoms with Crippen LogP contribution in [-0.2, 0) is 20.8 Å². The number of nitrogens with one attached hydrogen (secondary N) is 1. The lowest BCUT2D eigenvalue weighted by atomic mass is 9.76. The highest BCUT2D eigenvalue weighted by Crippen LogP contribution is 2.47. The summed E-state index contributed by atoms with van der Waals surface area (Å²) in [5, 5.41) is 25.1. The van der Waals surface area contributed by atoms with Crippen LogP contribution in [0.2, 0.25) is 5.02 Å². The predicted molar refractivity (Wildman–Crippen MR) is 145 cm³/mol. The largest absolute Gasteiger partial charge is 0.480 e. The van der Waals surface area contributed by atoms with E-state index in [0.29, 0.717) is 10.6 Å². The lowest BCUT2D eigenvalue weighted by molar-refractivity contribution is -0.384. The van der Waals surface area contributed by atoms with Gasteiger partial charge >= 0.3 is 5.97 Å². The van der Waals surface area contributed by atoms with Gasteiger partial charge in [-0.25, -0.2) is 4.90 Å². The van der Waals surface area contributed by atoms with Crippen LogP contribution >= 0.6 is 11.6 Å². The van der Waals surface area contributed by atoms with Crippen LogP contribution in [0.25, 0.3) is 6.08 Å².